The third kappa shape index (κ3) is 2.59. The number of aromatic amines is 1. The second kappa shape index (κ2) is 5.20. The van der Waals surface area contributed by atoms with Crippen molar-refractivity contribution >= 4 is 27.8 Å². The maximum Gasteiger partial charge on any atom is 0.306 e. The van der Waals surface area contributed by atoms with Gasteiger partial charge in [0.2, 0.25) is 0 Å². The third-order valence-corrected chi connectivity index (χ3v) is 4.85. The molecule has 2 aliphatic carbocycles. The van der Waals surface area contributed by atoms with E-state index in [9.17, 15) is 9.59 Å². The van der Waals surface area contributed by atoms with Crippen molar-refractivity contribution in [2.24, 2.45) is 5.92 Å². The minimum atomic E-state index is -0.779. The monoisotopic (exact) mass is 341 g/mol. The number of carboxylic acid groups (broad SMARTS) is 1. The lowest BCUT2D eigenvalue weighted by molar-refractivity contribution is -0.141. The largest absolute Gasteiger partial charge is 0.481 e. The Bertz CT molecular complexity index is 553. The van der Waals surface area contributed by atoms with Crippen molar-refractivity contribution < 1.29 is 14.7 Å². The van der Waals surface area contributed by atoms with Crippen molar-refractivity contribution in [2.45, 2.75) is 44.1 Å². The highest BCUT2D eigenvalue weighted by Crippen LogP contribution is 2.42. The Kier molecular flexibility index (Phi) is 3.54. The molecule has 0 aromatic carbocycles. The van der Waals surface area contributed by atoms with E-state index in [1.54, 1.807) is 0 Å². The van der Waals surface area contributed by atoms with Crippen LogP contribution >= 0.6 is 15.9 Å². The zero-order valence-electron chi connectivity index (χ0n) is 10.9. The molecule has 7 heteroatoms. The number of hydrogen-bond acceptors (Lipinski definition) is 3. The van der Waals surface area contributed by atoms with Crippen LogP contribution in [-0.2, 0) is 4.79 Å². The number of carbonyl (C=O) groups excluding carboxylic acids is 1. The number of aliphatic carboxylic acids is 1. The molecule has 0 saturated heterocycles. The van der Waals surface area contributed by atoms with E-state index in [1.165, 1.54) is 0 Å². The Hall–Kier alpha value is -1.37. The van der Waals surface area contributed by atoms with Crippen LogP contribution in [0, 0.1) is 5.92 Å². The van der Waals surface area contributed by atoms with Crippen molar-refractivity contribution in [3.63, 3.8) is 0 Å². The lowest BCUT2D eigenvalue weighted by atomic mass is 10.1. The van der Waals surface area contributed by atoms with E-state index in [0.717, 1.165) is 23.0 Å². The molecule has 2 aliphatic rings. The van der Waals surface area contributed by atoms with Gasteiger partial charge in [0, 0.05) is 12.0 Å². The molecule has 0 aliphatic heterocycles. The molecule has 1 aromatic heterocycles. The Morgan fingerprint density at radius 2 is 2.05 bits per heavy atom. The standard InChI is InChI=1S/C13H16BrN3O3/c14-9-10(6-1-2-6)16-17-11(9)12(18)15-8-4-3-7(5-8)13(19)20/h6-8H,1-5H2,(H,15,18)(H,16,17)(H,19,20)/t7-,8+/m1/s1. The molecule has 2 saturated carbocycles. The van der Waals surface area contributed by atoms with Crippen LogP contribution in [0.3, 0.4) is 0 Å². The van der Waals surface area contributed by atoms with Gasteiger partial charge in [0.05, 0.1) is 16.1 Å². The second-order valence-corrected chi connectivity index (χ2v) is 6.39. The average molecular weight is 342 g/mol. The Balaban J connectivity index is 1.63. The third-order valence-electron chi connectivity index (χ3n) is 4.05. The first-order chi connectivity index (χ1) is 9.56. The Morgan fingerprint density at radius 1 is 1.30 bits per heavy atom. The van der Waals surface area contributed by atoms with Crippen LogP contribution in [0.5, 0.6) is 0 Å². The number of hydrogen-bond donors (Lipinski definition) is 3. The van der Waals surface area contributed by atoms with Gasteiger partial charge in [-0.2, -0.15) is 5.10 Å². The van der Waals surface area contributed by atoms with Gasteiger partial charge in [-0.15, -0.1) is 0 Å². The minimum absolute atomic E-state index is 0.0726. The van der Waals surface area contributed by atoms with Gasteiger partial charge in [0.15, 0.2) is 5.69 Å². The predicted molar refractivity (Wildman–Crippen MR) is 74.5 cm³/mol. The molecule has 3 N–H and O–H groups in total. The number of nitrogens with one attached hydrogen (secondary N) is 2. The molecule has 2 fully saturated rings. The highest BCUT2D eigenvalue weighted by atomic mass is 79.9. The summed E-state index contributed by atoms with van der Waals surface area (Å²) in [6.45, 7) is 0. The molecule has 0 unspecified atom stereocenters. The van der Waals surface area contributed by atoms with Crippen LogP contribution in [0.1, 0.15) is 54.2 Å². The van der Waals surface area contributed by atoms with Gasteiger partial charge >= 0.3 is 5.97 Å². The van der Waals surface area contributed by atoms with Gasteiger partial charge in [-0.3, -0.25) is 14.7 Å². The molecule has 108 valence electrons. The zero-order valence-corrected chi connectivity index (χ0v) is 12.4. The van der Waals surface area contributed by atoms with Gasteiger partial charge in [0.25, 0.3) is 5.91 Å². The lowest BCUT2D eigenvalue weighted by Crippen LogP contribution is -2.33. The topological polar surface area (TPSA) is 95.1 Å². The van der Waals surface area contributed by atoms with E-state index >= 15 is 0 Å². The second-order valence-electron chi connectivity index (χ2n) is 5.59. The van der Waals surface area contributed by atoms with Crippen molar-refractivity contribution in [3.05, 3.63) is 15.9 Å². The van der Waals surface area contributed by atoms with E-state index in [-0.39, 0.29) is 17.9 Å². The number of halogens is 1. The zero-order chi connectivity index (χ0) is 14.3. The fraction of sp³-hybridized carbons (Fsp3) is 0.615. The van der Waals surface area contributed by atoms with E-state index in [4.69, 9.17) is 5.11 Å². The SMILES string of the molecule is O=C(N[C@H]1CC[C@@H](C(=O)O)C1)c1n[nH]c(C2CC2)c1Br. The summed E-state index contributed by atoms with van der Waals surface area (Å²) in [5, 5.41) is 18.8. The van der Waals surface area contributed by atoms with Gasteiger partial charge in [-0.1, -0.05) is 0 Å². The Morgan fingerprint density at radius 3 is 2.65 bits per heavy atom. The fourth-order valence-electron chi connectivity index (χ4n) is 2.73. The predicted octanol–water partition coefficient (Wildman–Crippen LogP) is 2.03. The lowest BCUT2D eigenvalue weighted by Gasteiger charge is -2.11. The molecule has 0 bridgehead atoms. The minimum Gasteiger partial charge on any atom is -0.481 e. The molecule has 2 atom stereocenters. The first kappa shape index (κ1) is 13.6. The fourth-order valence-corrected chi connectivity index (χ4v) is 3.41. The van der Waals surface area contributed by atoms with Crippen molar-refractivity contribution in [2.75, 3.05) is 0 Å². The highest BCUT2D eigenvalue weighted by molar-refractivity contribution is 9.10. The smallest absolute Gasteiger partial charge is 0.306 e. The molecular weight excluding hydrogens is 326 g/mol. The normalized spacial score (nSPS) is 25.6. The molecule has 0 radical (unpaired) electrons. The van der Waals surface area contributed by atoms with E-state index < -0.39 is 5.97 Å². The van der Waals surface area contributed by atoms with Gasteiger partial charge in [0.1, 0.15) is 0 Å². The van der Waals surface area contributed by atoms with Gasteiger partial charge in [-0.25, -0.2) is 0 Å². The first-order valence-corrected chi connectivity index (χ1v) is 7.63. The molecule has 6 nitrogen and oxygen atoms in total. The summed E-state index contributed by atoms with van der Waals surface area (Å²) in [4.78, 5) is 23.1. The van der Waals surface area contributed by atoms with Crippen LogP contribution < -0.4 is 5.32 Å². The van der Waals surface area contributed by atoms with Crippen molar-refractivity contribution in [1.29, 1.82) is 0 Å². The molecule has 1 heterocycles. The van der Waals surface area contributed by atoms with E-state index in [1.807, 2.05) is 0 Å². The number of rotatable bonds is 4. The summed E-state index contributed by atoms with van der Waals surface area (Å²) in [6, 6.07) is -0.0726. The van der Waals surface area contributed by atoms with Crippen LogP contribution in [-0.4, -0.2) is 33.2 Å². The highest BCUT2D eigenvalue weighted by Gasteiger charge is 2.33. The molecule has 3 rings (SSSR count). The van der Waals surface area contributed by atoms with E-state index in [0.29, 0.717) is 30.9 Å². The summed E-state index contributed by atoms with van der Waals surface area (Å²) in [5.74, 6) is -0.874. The van der Waals surface area contributed by atoms with E-state index in [2.05, 4.69) is 31.4 Å². The summed E-state index contributed by atoms with van der Waals surface area (Å²) in [6.07, 6.45) is 4.09. The Labute approximate surface area is 124 Å². The number of amides is 1. The number of aromatic nitrogens is 2. The van der Waals surface area contributed by atoms with Gasteiger partial charge in [-0.05, 0) is 48.0 Å². The van der Waals surface area contributed by atoms with Gasteiger partial charge < -0.3 is 10.4 Å². The van der Waals surface area contributed by atoms with Crippen molar-refractivity contribution in [3.8, 4) is 0 Å². The molecule has 0 spiro atoms. The van der Waals surface area contributed by atoms with Crippen LogP contribution in [0.4, 0.5) is 0 Å². The number of carbonyl (C=O) groups is 2. The summed E-state index contributed by atoms with van der Waals surface area (Å²) in [7, 11) is 0. The molecule has 1 aromatic rings. The molecular formula is C13H16BrN3O3. The summed E-state index contributed by atoms with van der Waals surface area (Å²) in [5.41, 5.74) is 1.36. The maximum absolute atomic E-state index is 12.2. The quantitative estimate of drug-likeness (QED) is 0.780. The average Bonchev–Trinajstić information content (AvgIpc) is 3.00. The van der Waals surface area contributed by atoms with Crippen LogP contribution in [0.2, 0.25) is 0 Å². The molecule has 1 amide bonds. The number of carboxylic acids is 1. The van der Waals surface area contributed by atoms with Crippen molar-refractivity contribution in [1.82, 2.24) is 15.5 Å². The summed E-state index contributed by atoms with van der Waals surface area (Å²) >= 11 is 3.43. The van der Waals surface area contributed by atoms with Crippen LogP contribution in [0.25, 0.3) is 0 Å². The summed E-state index contributed by atoms with van der Waals surface area (Å²) < 4.78 is 0.741. The molecule has 20 heavy (non-hydrogen) atoms. The number of H-pyrrole nitrogens is 1. The van der Waals surface area contributed by atoms with Crippen LogP contribution in [0.15, 0.2) is 4.47 Å². The first-order valence-electron chi connectivity index (χ1n) is 6.83. The number of nitrogens with zero attached hydrogens (tertiary/aromatic N) is 1. The maximum atomic E-state index is 12.2.